The third-order valence-electron chi connectivity index (χ3n) is 4.20. The topological polar surface area (TPSA) is 62.5 Å². The lowest BCUT2D eigenvalue weighted by molar-refractivity contribution is -0.0871. The van der Waals surface area contributed by atoms with Gasteiger partial charge in [0.25, 0.3) is 5.91 Å². The summed E-state index contributed by atoms with van der Waals surface area (Å²) in [4.78, 5) is 20.9. The first-order valence-corrected chi connectivity index (χ1v) is 7.50. The number of rotatable bonds is 1. The molecule has 20 heavy (non-hydrogen) atoms. The van der Waals surface area contributed by atoms with Crippen LogP contribution in [-0.2, 0) is 0 Å². The van der Waals surface area contributed by atoms with Crippen molar-refractivity contribution in [2.45, 2.75) is 0 Å². The molecule has 104 valence electrons. The Morgan fingerprint density at radius 2 is 2.10 bits per heavy atom. The summed E-state index contributed by atoms with van der Waals surface area (Å²) in [5, 5.41) is 0.546. The van der Waals surface area contributed by atoms with Crippen LogP contribution in [0.4, 0.5) is 5.13 Å². The SMILES string of the molecule is CN1CC2(C1)CN(C(=O)c1ccc3sc(N)nc3c1)C2. The van der Waals surface area contributed by atoms with Crippen LogP contribution in [0, 0.1) is 5.41 Å². The van der Waals surface area contributed by atoms with E-state index in [9.17, 15) is 4.79 Å². The second-order valence-electron chi connectivity index (χ2n) is 6.07. The summed E-state index contributed by atoms with van der Waals surface area (Å²) in [5.41, 5.74) is 7.60. The highest BCUT2D eigenvalue weighted by Gasteiger charge is 2.51. The summed E-state index contributed by atoms with van der Waals surface area (Å²) in [5.74, 6) is 0.110. The minimum Gasteiger partial charge on any atom is -0.375 e. The maximum atomic E-state index is 12.4. The van der Waals surface area contributed by atoms with E-state index in [1.807, 2.05) is 23.1 Å². The van der Waals surface area contributed by atoms with E-state index in [0.717, 1.165) is 36.4 Å². The van der Waals surface area contributed by atoms with Crippen LogP contribution in [0.25, 0.3) is 10.2 Å². The van der Waals surface area contributed by atoms with E-state index in [1.165, 1.54) is 11.3 Å². The normalized spacial score (nSPS) is 20.9. The van der Waals surface area contributed by atoms with Gasteiger partial charge in [-0.25, -0.2) is 4.98 Å². The van der Waals surface area contributed by atoms with E-state index in [0.29, 0.717) is 16.1 Å². The van der Waals surface area contributed by atoms with E-state index in [-0.39, 0.29) is 5.91 Å². The van der Waals surface area contributed by atoms with Crippen LogP contribution in [0.2, 0.25) is 0 Å². The first-order chi connectivity index (χ1) is 9.55. The molecule has 2 aliphatic rings. The standard InChI is InChI=1S/C14H16N4OS/c1-17-5-14(6-17)7-18(8-14)12(19)9-2-3-11-10(4-9)16-13(15)20-11/h2-4H,5-8H2,1H3,(H2,15,16). The Bertz CT molecular complexity index is 696. The molecule has 4 rings (SSSR count). The van der Waals surface area contributed by atoms with Gasteiger partial charge in [-0.1, -0.05) is 11.3 Å². The Kier molecular flexibility index (Phi) is 2.38. The number of nitrogen functional groups attached to an aromatic ring is 1. The van der Waals surface area contributed by atoms with Crippen LogP contribution in [0.1, 0.15) is 10.4 Å². The number of anilines is 1. The van der Waals surface area contributed by atoms with E-state index >= 15 is 0 Å². The third kappa shape index (κ3) is 1.72. The van der Waals surface area contributed by atoms with E-state index < -0.39 is 0 Å². The molecular weight excluding hydrogens is 272 g/mol. The summed E-state index contributed by atoms with van der Waals surface area (Å²) in [6.45, 7) is 3.98. The molecule has 1 aromatic carbocycles. The quantitative estimate of drug-likeness (QED) is 0.858. The Balaban J connectivity index is 1.53. The summed E-state index contributed by atoms with van der Waals surface area (Å²) in [6.07, 6.45) is 0. The fourth-order valence-corrected chi connectivity index (χ4v) is 4.18. The zero-order chi connectivity index (χ0) is 13.9. The Morgan fingerprint density at radius 3 is 2.80 bits per heavy atom. The van der Waals surface area contributed by atoms with Gasteiger partial charge in [-0.3, -0.25) is 4.79 Å². The number of nitrogens with zero attached hydrogens (tertiary/aromatic N) is 3. The molecule has 0 radical (unpaired) electrons. The lowest BCUT2D eigenvalue weighted by atomic mass is 9.73. The van der Waals surface area contributed by atoms with Crippen molar-refractivity contribution in [3.63, 3.8) is 0 Å². The monoisotopic (exact) mass is 288 g/mol. The average molecular weight is 288 g/mol. The molecular formula is C14H16N4OS. The lowest BCUT2D eigenvalue weighted by Crippen LogP contribution is -2.71. The van der Waals surface area contributed by atoms with Crippen molar-refractivity contribution in [1.82, 2.24) is 14.8 Å². The molecule has 0 saturated carbocycles. The van der Waals surface area contributed by atoms with Crippen molar-refractivity contribution in [2.24, 2.45) is 5.41 Å². The van der Waals surface area contributed by atoms with Gasteiger partial charge in [0.15, 0.2) is 5.13 Å². The number of hydrogen-bond donors (Lipinski definition) is 1. The zero-order valence-corrected chi connectivity index (χ0v) is 12.1. The highest BCUT2D eigenvalue weighted by atomic mass is 32.1. The van der Waals surface area contributed by atoms with Crippen LogP contribution < -0.4 is 5.73 Å². The molecule has 0 aliphatic carbocycles. The first kappa shape index (κ1) is 12.1. The van der Waals surface area contributed by atoms with Gasteiger partial charge < -0.3 is 15.5 Å². The molecule has 5 nitrogen and oxygen atoms in total. The smallest absolute Gasteiger partial charge is 0.253 e. The molecule has 0 atom stereocenters. The first-order valence-electron chi connectivity index (χ1n) is 6.69. The molecule has 1 spiro atoms. The molecule has 2 fully saturated rings. The predicted octanol–water partition coefficient (Wildman–Crippen LogP) is 1.27. The summed E-state index contributed by atoms with van der Waals surface area (Å²) in [6, 6.07) is 5.66. The second kappa shape index (κ2) is 3.93. The van der Waals surface area contributed by atoms with Crippen molar-refractivity contribution in [3.05, 3.63) is 23.8 Å². The number of thiazole rings is 1. The Labute approximate surface area is 121 Å². The molecule has 2 aromatic rings. The summed E-state index contributed by atoms with van der Waals surface area (Å²) >= 11 is 1.45. The fraction of sp³-hybridized carbons (Fsp3) is 0.429. The molecule has 2 aliphatic heterocycles. The second-order valence-corrected chi connectivity index (χ2v) is 7.13. The van der Waals surface area contributed by atoms with Gasteiger partial charge in [0, 0.05) is 37.2 Å². The number of carbonyl (C=O) groups excluding carboxylic acids is 1. The van der Waals surface area contributed by atoms with Crippen LogP contribution >= 0.6 is 11.3 Å². The largest absolute Gasteiger partial charge is 0.375 e. The van der Waals surface area contributed by atoms with Crippen molar-refractivity contribution >= 4 is 32.6 Å². The van der Waals surface area contributed by atoms with Gasteiger partial charge in [-0.2, -0.15) is 0 Å². The van der Waals surface area contributed by atoms with Gasteiger partial charge in [0.1, 0.15) is 0 Å². The number of amides is 1. The Hall–Kier alpha value is -1.66. The number of carbonyl (C=O) groups is 1. The summed E-state index contributed by atoms with van der Waals surface area (Å²) in [7, 11) is 2.12. The van der Waals surface area contributed by atoms with Gasteiger partial charge in [-0.05, 0) is 25.2 Å². The highest BCUT2D eigenvalue weighted by Crippen LogP contribution is 2.39. The zero-order valence-electron chi connectivity index (χ0n) is 11.3. The van der Waals surface area contributed by atoms with Gasteiger partial charge in [0.2, 0.25) is 0 Å². The number of benzene rings is 1. The molecule has 0 bridgehead atoms. The van der Waals surface area contributed by atoms with Crippen molar-refractivity contribution in [3.8, 4) is 0 Å². The van der Waals surface area contributed by atoms with Gasteiger partial charge in [-0.15, -0.1) is 0 Å². The molecule has 2 saturated heterocycles. The number of fused-ring (bicyclic) bond motifs is 1. The molecule has 0 unspecified atom stereocenters. The summed E-state index contributed by atoms with van der Waals surface area (Å²) < 4.78 is 1.03. The maximum absolute atomic E-state index is 12.4. The molecule has 6 heteroatoms. The van der Waals surface area contributed by atoms with E-state index in [1.54, 1.807) is 0 Å². The van der Waals surface area contributed by atoms with Crippen molar-refractivity contribution < 1.29 is 4.79 Å². The highest BCUT2D eigenvalue weighted by molar-refractivity contribution is 7.22. The molecule has 1 amide bonds. The minimum absolute atomic E-state index is 0.110. The number of likely N-dealkylation sites (tertiary alicyclic amines) is 2. The molecule has 1 aromatic heterocycles. The minimum atomic E-state index is 0.110. The van der Waals surface area contributed by atoms with Gasteiger partial charge >= 0.3 is 0 Å². The number of hydrogen-bond acceptors (Lipinski definition) is 5. The average Bonchev–Trinajstić information content (AvgIpc) is 2.70. The third-order valence-corrected chi connectivity index (χ3v) is 5.07. The van der Waals surface area contributed by atoms with E-state index in [4.69, 9.17) is 5.73 Å². The molecule has 3 heterocycles. The van der Waals surface area contributed by atoms with Gasteiger partial charge in [0.05, 0.1) is 10.2 Å². The van der Waals surface area contributed by atoms with Crippen LogP contribution in [0.15, 0.2) is 18.2 Å². The van der Waals surface area contributed by atoms with Crippen molar-refractivity contribution in [2.75, 3.05) is 39.0 Å². The van der Waals surface area contributed by atoms with E-state index in [2.05, 4.69) is 16.9 Å². The fourth-order valence-electron chi connectivity index (χ4n) is 3.47. The van der Waals surface area contributed by atoms with Crippen LogP contribution in [0.5, 0.6) is 0 Å². The predicted molar refractivity (Wildman–Crippen MR) is 79.9 cm³/mol. The van der Waals surface area contributed by atoms with Crippen LogP contribution in [0.3, 0.4) is 0 Å². The number of aromatic nitrogens is 1. The Morgan fingerprint density at radius 1 is 1.35 bits per heavy atom. The molecule has 2 N–H and O–H groups in total. The van der Waals surface area contributed by atoms with Crippen molar-refractivity contribution in [1.29, 1.82) is 0 Å². The maximum Gasteiger partial charge on any atom is 0.253 e. The lowest BCUT2D eigenvalue weighted by Gasteiger charge is -2.59. The number of nitrogens with two attached hydrogens (primary N) is 1. The van der Waals surface area contributed by atoms with Crippen LogP contribution in [-0.4, -0.2) is 53.9 Å².